The van der Waals surface area contributed by atoms with Crippen LogP contribution in [0.2, 0.25) is 0 Å². The lowest BCUT2D eigenvalue weighted by molar-refractivity contribution is 0.157. The Bertz CT molecular complexity index is 390. The van der Waals surface area contributed by atoms with Gasteiger partial charge in [-0.3, -0.25) is 4.90 Å². The molecule has 104 valence electrons. The molecular weight excluding hydrogens is 248 g/mol. The molecule has 4 nitrogen and oxygen atoms in total. The van der Waals surface area contributed by atoms with Crippen LogP contribution in [0.1, 0.15) is 44.9 Å². The third-order valence-corrected chi connectivity index (χ3v) is 7.25. The van der Waals surface area contributed by atoms with E-state index < -0.39 is 10.0 Å². The normalized spacial score (nSPS) is 32.6. The maximum Gasteiger partial charge on any atom is 0.217 e. The predicted molar refractivity (Wildman–Crippen MR) is 72.0 cm³/mol. The summed E-state index contributed by atoms with van der Waals surface area (Å²) in [5.74, 6) is 0. The van der Waals surface area contributed by atoms with Crippen molar-refractivity contribution in [2.45, 2.75) is 56.2 Å². The van der Waals surface area contributed by atoms with Gasteiger partial charge in [0.1, 0.15) is 0 Å². The van der Waals surface area contributed by atoms with Gasteiger partial charge in [0.2, 0.25) is 10.0 Å². The van der Waals surface area contributed by atoms with Crippen molar-refractivity contribution in [2.24, 2.45) is 0 Å². The molecule has 0 aromatic carbocycles. The molecule has 0 spiro atoms. The fourth-order valence-electron chi connectivity index (χ4n) is 3.77. The minimum absolute atomic E-state index is 0.0841. The van der Waals surface area contributed by atoms with Gasteiger partial charge in [0.05, 0.1) is 5.25 Å². The summed E-state index contributed by atoms with van der Waals surface area (Å²) < 4.78 is 27.1. The predicted octanol–water partition coefficient (Wildman–Crippen LogP) is 1.43. The molecule has 2 heterocycles. The SMILES string of the molecule is O=S(=O)(C1CCCCC1)N1CCN2CCC[C@@H]2C1. The highest BCUT2D eigenvalue weighted by Crippen LogP contribution is 2.29. The van der Waals surface area contributed by atoms with Crippen LogP contribution in [-0.2, 0) is 10.0 Å². The number of fused-ring (bicyclic) bond motifs is 1. The lowest BCUT2D eigenvalue weighted by Gasteiger charge is -2.38. The van der Waals surface area contributed by atoms with E-state index in [4.69, 9.17) is 0 Å². The van der Waals surface area contributed by atoms with Crippen LogP contribution in [0.25, 0.3) is 0 Å². The molecule has 1 saturated carbocycles. The zero-order valence-electron chi connectivity index (χ0n) is 11.1. The molecule has 0 aromatic heterocycles. The molecule has 3 fully saturated rings. The summed E-state index contributed by atoms with van der Waals surface area (Å²) in [5.41, 5.74) is 0. The van der Waals surface area contributed by atoms with Gasteiger partial charge in [-0.25, -0.2) is 8.42 Å². The summed E-state index contributed by atoms with van der Waals surface area (Å²) in [7, 11) is -3.02. The van der Waals surface area contributed by atoms with Crippen molar-refractivity contribution in [1.82, 2.24) is 9.21 Å². The highest BCUT2D eigenvalue weighted by Gasteiger charge is 2.39. The lowest BCUT2D eigenvalue weighted by Crippen LogP contribution is -2.54. The largest absolute Gasteiger partial charge is 0.298 e. The van der Waals surface area contributed by atoms with Gasteiger partial charge >= 0.3 is 0 Å². The maximum atomic E-state index is 12.6. The van der Waals surface area contributed by atoms with Crippen molar-refractivity contribution in [3.8, 4) is 0 Å². The Kier molecular flexibility index (Phi) is 3.65. The summed E-state index contributed by atoms with van der Waals surface area (Å²) in [4.78, 5) is 2.47. The van der Waals surface area contributed by atoms with Gasteiger partial charge in [-0.2, -0.15) is 4.31 Å². The van der Waals surface area contributed by atoms with Crippen molar-refractivity contribution in [3.63, 3.8) is 0 Å². The average Bonchev–Trinajstić information content (AvgIpc) is 2.87. The molecule has 18 heavy (non-hydrogen) atoms. The zero-order valence-corrected chi connectivity index (χ0v) is 11.9. The Morgan fingerprint density at radius 1 is 0.833 bits per heavy atom. The minimum atomic E-state index is -3.02. The van der Waals surface area contributed by atoms with E-state index in [0.29, 0.717) is 6.04 Å². The van der Waals surface area contributed by atoms with Gasteiger partial charge in [0.25, 0.3) is 0 Å². The topological polar surface area (TPSA) is 40.6 Å². The first-order valence-electron chi connectivity index (χ1n) is 7.41. The van der Waals surface area contributed by atoms with Crippen LogP contribution in [-0.4, -0.2) is 55.1 Å². The van der Waals surface area contributed by atoms with Crippen LogP contribution in [0.3, 0.4) is 0 Å². The lowest BCUT2D eigenvalue weighted by atomic mass is 10.0. The van der Waals surface area contributed by atoms with E-state index in [0.717, 1.165) is 45.3 Å². The fraction of sp³-hybridized carbons (Fsp3) is 1.00. The zero-order chi connectivity index (χ0) is 12.6. The molecular formula is C13H24N2O2S. The Morgan fingerprint density at radius 2 is 1.61 bits per heavy atom. The Labute approximate surface area is 110 Å². The van der Waals surface area contributed by atoms with E-state index in [-0.39, 0.29) is 5.25 Å². The van der Waals surface area contributed by atoms with E-state index in [1.54, 1.807) is 4.31 Å². The van der Waals surface area contributed by atoms with Crippen LogP contribution >= 0.6 is 0 Å². The molecule has 0 radical (unpaired) electrons. The van der Waals surface area contributed by atoms with Crippen LogP contribution in [0, 0.1) is 0 Å². The summed E-state index contributed by atoms with van der Waals surface area (Å²) in [6, 6.07) is 0.497. The quantitative estimate of drug-likeness (QED) is 0.763. The second-order valence-electron chi connectivity index (χ2n) is 5.99. The van der Waals surface area contributed by atoms with E-state index in [9.17, 15) is 8.42 Å². The molecule has 0 unspecified atom stereocenters. The second kappa shape index (κ2) is 5.10. The van der Waals surface area contributed by atoms with Crippen molar-refractivity contribution < 1.29 is 8.42 Å². The maximum absolute atomic E-state index is 12.6. The standard InChI is InChI=1S/C13H24N2O2S/c16-18(17,13-6-2-1-3-7-13)15-10-9-14-8-4-5-12(14)11-15/h12-13H,1-11H2/t12-/m1/s1. The molecule has 3 rings (SSSR count). The van der Waals surface area contributed by atoms with Crippen LogP contribution in [0.5, 0.6) is 0 Å². The molecule has 1 aliphatic carbocycles. The van der Waals surface area contributed by atoms with E-state index >= 15 is 0 Å². The Hall–Kier alpha value is -0.130. The fourth-order valence-corrected chi connectivity index (χ4v) is 5.83. The van der Waals surface area contributed by atoms with Crippen molar-refractivity contribution in [3.05, 3.63) is 0 Å². The Morgan fingerprint density at radius 3 is 2.39 bits per heavy atom. The van der Waals surface area contributed by atoms with Gasteiger partial charge in [-0.1, -0.05) is 19.3 Å². The van der Waals surface area contributed by atoms with Crippen LogP contribution in [0.15, 0.2) is 0 Å². The van der Waals surface area contributed by atoms with Gasteiger partial charge in [-0.15, -0.1) is 0 Å². The highest BCUT2D eigenvalue weighted by molar-refractivity contribution is 7.89. The number of hydrogen-bond donors (Lipinski definition) is 0. The van der Waals surface area contributed by atoms with E-state index in [1.807, 2.05) is 0 Å². The van der Waals surface area contributed by atoms with Gasteiger partial charge in [0.15, 0.2) is 0 Å². The number of sulfonamides is 1. The highest BCUT2D eigenvalue weighted by atomic mass is 32.2. The molecule has 0 N–H and O–H groups in total. The monoisotopic (exact) mass is 272 g/mol. The first-order chi connectivity index (χ1) is 8.68. The molecule has 2 saturated heterocycles. The molecule has 0 amide bonds. The van der Waals surface area contributed by atoms with Crippen LogP contribution < -0.4 is 0 Å². The van der Waals surface area contributed by atoms with Crippen molar-refractivity contribution in [2.75, 3.05) is 26.2 Å². The Balaban J connectivity index is 1.69. The van der Waals surface area contributed by atoms with Crippen molar-refractivity contribution in [1.29, 1.82) is 0 Å². The van der Waals surface area contributed by atoms with Gasteiger partial charge in [0, 0.05) is 25.7 Å². The molecule has 1 atom stereocenters. The number of nitrogens with zero attached hydrogens (tertiary/aromatic N) is 2. The third-order valence-electron chi connectivity index (χ3n) is 4.88. The van der Waals surface area contributed by atoms with Gasteiger partial charge in [-0.05, 0) is 32.2 Å². The second-order valence-corrected chi connectivity index (χ2v) is 8.21. The van der Waals surface area contributed by atoms with Gasteiger partial charge < -0.3 is 0 Å². The van der Waals surface area contributed by atoms with Crippen LogP contribution in [0.4, 0.5) is 0 Å². The summed E-state index contributed by atoms with van der Waals surface area (Å²) >= 11 is 0. The smallest absolute Gasteiger partial charge is 0.217 e. The first-order valence-corrected chi connectivity index (χ1v) is 8.91. The van der Waals surface area contributed by atoms with E-state index in [1.165, 1.54) is 25.8 Å². The number of piperazine rings is 1. The summed E-state index contributed by atoms with van der Waals surface area (Å²) in [6.07, 6.45) is 7.57. The minimum Gasteiger partial charge on any atom is -0.298 e. The summed E-state index contributed by atoms with van der Waals surface area (Å²) in [6.45, 7) is 3.58. The molecule has 2 aliphatic heterocycles. The van der Waals surface area contributed by atoms with Crippen molar-refractivity contribution >= 4 is 10.0 Å². The number of rotatable bonds is 2. The van der Waals surface area contributed by atoms with E-state index in [2.05, 4.69) is 4.90 Å². The molecule has 5 heteroatoms. The molecule has 0 bridgehead atoms. The average molecular weight is 272 g/mol. The first kappa shape index (κ1) is 12.9. The molecule has 0 aromatic rings. The number of hydrogen-bond acceptors (Lipinski definition) is 3. The third kappa shape index (κ3) is 2.32. The molecule has 3 aliphatic rings. The summed E-state index contributed by atoms with van der Waals surface area (Å²) in [5, 5.41) is -0.0841.